The van der Waals surface area contributed by atoms with Crippen LogP contribution in [0.15, 0.2) is 54.1 Å². The van der Waals surface area contributed by atoms with Crippen LogP contribution >= 0.6 is 0 Å². The number of carbonyl (C=O) groups excluding carboxylic acids is 2. The third-order valence-electron chi connectivity index (χ3n) is 5.39. The first kappa shape index (κ1) is 23.3. The van der Waals surface area contributed by atoms with Crippen molar-refractivity contribution in [2.24, 2.45) is 0 Å². The number of hydrogen-bond acceptors (Lipinski definition) is 6. The van der Waals surface area contributed by atoms with Gasteiger partial charge in [0.2, 0.25) is 0 Å². The minimum Gasteiger partial charge on any atom is -0.507 e. The van der Waals surface area contributed by atoms with Gasteiger partial charge in [0.15, 0.2) is 0 Å². The van der Waals surface area contributed by atoms with E-state index in [2.05, 4.69) is 0 Å². The zero-order valence-corrected chi connectivity index (χ0v) is 19.0. The zero-order valence-electron chi connectivity index (χ0n) is 19.0. The van der Waals surface area contributed by atoms with Crippen LogP contribution in [0.3, 0.4) is 0 Å². The number of ketones is 1. The summed E-state index contributed by atoms with van der Waals surface area (Å²) in [5.41, 5.74) is 1.24. The Hall–Kier alpha value is -3.32. The molecule has 1 atom stereocenters. The van der Waals surface area contributed by atoms with Crippen LogP contribution in [0, 0.1) is 0 Å². The Labute approximate surface area is 188 Å². The van der Waals surface area contributed by atoms with E-state index in [1.54, 1.807) is 48.4 Å². The summed E-state index contributed by atoms with van der Waals surface area (Å²) >= 11 is 0. The van der Waals surface area contributed by atoms with Crippen LogP contribution in [0.25, 0.3) is 5.76 Å². The van der Waals surface area contributed by atoms with Gasteiger partial charge in [0.1, 0.15) is 17.3 Å². The number of ether oxygens (including phenoxy) is 2. The number of likely N-dealkylation sites (tertiary alicyclic amines) is 1. The summed E-state index contributed by atoms with van der Waals surface area (Å²) in [5, 5.41) is 11.1. The van der Waals surface area contributed by atoms with Crippen LogP contribution in [-0.4, -0.2) is 67.5 Å². The first-order chi connectivity index (χ1) is 15.4. The van der Waals surface area contributed by atoms with Gasteiger partial charge in [-0.2, -0.15) is 0 Å². The number of amides is 1. The summed E-state index contributed by atoms with van der Waals surface area (Å²) in [4.78, 5) is 29.6. The van der Waals surface area contributed by atoms with Gasteiger partial charge >= 0.3 is 0 Å². The zero-order chi connectivity index (χ0) is 23.3. The number of hydrogen-bond donors (Lipinski definition) is 1. The van der Waals surface area contributed by atoms with Crippen molar-refractivity contribution < 1.29 is 24.2 Å². The number of benzene rings is 2. The van der Waals surface area contributed by atoms with Crippen molar-refractivity contribution in [2.45, 2.75) is 19.4 Å². The van der Waals surface area contributed by atoms with Crippen molar-refractivity contribution in [3.8, 4) is 11.5 Å². The molecule has 1 unspecified atom stereocenters. The molecule has 0 saturated carbocycles. The number of methoxy groups -OCH3 is 1. The van der Waals surface area contributed by atoms with Gasteiger partial charge in [-0.05, 0) is 75.9 Å². The molecular weight excluding hydrogens is 408 g/mol. The maximum atomic E-state index is 13.1. The summed E-state index contributed by atoms with van der Waals surface area (Å²) in [6, 6.07) is 13.4. The Bertz CT molecular complexity index is 998. The van der Waals surface area contributed by atoms with E-state index >= 15 is 0 Å². The monoisotopic (exact) mass is 438 g/mol. The van der Waals surface area contributed by atoms with Crippen LogP contribution in [0.2, 0.25) is 0 Å². The van der Waals surface area contributed by atoms with Gasteiger partial charge in [-0.1, -0.05) is 12.1 Å². The van der Waals surface area contributed by atoms with Crippen molar-refractivity contribution in [1.29, 1.82) is 0 Å². The van der Waals surface area contributed by atoms with Gasteiger partial charge in [0, 0.05) is 12.1 Å². The van der Waals surface area contributed by atoms with Crippen molar-refractivity contribution in [1.82, 2.24) is 9.80 Å². The maximum absolute atomic E-state index is 13.1. The van der Waals surface area contributed by atoms with Crippen LogP contribution in [0.5, 0.6) is 11.5 Å². The lowest BCUT2D eigenvalue weighted by Gasteiger charge is -2.26. The second-order valence-electron chi connectivity index (χ2n) is 7.88. The number of aliphatic hydroxyl groups excluding tert-OH is 1. The highest BCUT2D eigenvalue weighted by Gasteiger charge is 2.45. The van der Waals surface area contributed by atoms with Crippen LogP contribution in [0.4, 0.5) is 0 Å². The Morgan fingerprint density at radius 1 is 1.09 bits per heavy atom. The summed E-state index contributed by atoms with van der Waals surface area (Å²) in [5.74, 6) is -0.215. The van der Waals surface area contributed by atoms with E-state index in [1.807, 2.05) is 38.1 Å². The van der Waals surface area contributed by atoms with Crippen molar-refractivity contribution in [2.75, 3.05) is 40.9 Å². The van der Waals surface area contributed by atoms with Gasteiger partial charge < -0.3 is 24.4 Å². The van der Waals surface area contributed by atoms with Gasteiger partial charge in [-0.3, -0.25) is 9.59 Å². The van der Waals surface area contributed by atoms with E-state index in [1.165, 1.54) is 0 Å². The highest BCUT2D eigenvalue weighted by atomic mass is 16.5. The molecule has 0 aliphatic carbocycles. The molecule has 1 N–H and O–H groups in total. The topological polar surface area (TPSA) is 79.3 Å². The molecule has 0 bridgehead atoms. The van der Waals surface area contributed by atoms with Gasteiger partial charge in [0.05, 0.1) is 25.3 Å². The van der Waals surface area contributed by atoms with Crippen LogP contribution < -0.4 is 9.47 Å². The minimum atomic E-state index is -0.696. The molecule has 1 heterocycles. The van der Waals surface area contributed by atoms with Crippen LogP contribution in [-0.2, 0) is 9.59 Å². The summed E-state index contributed by atoms with van der Waals surface area (Å²) < 4.78 is 10.8. The second-order valence-corrected chi connectivity index (χ2v) is 7.88. The lowest BCUT2D eigenvalue weighted by molar-refractivity contribution is -0.139. The quantitative estimate of drug-likeness (QED) is 0.367. The molecule has 7 heteroatoms. The standard InChI is InChI=1S/C25H30N2O5/c1-5-32-19-12-10-17(11-13-19)23(28)21-22(18-8-6-9-20(16-18)31-4)27(25(30)24(21)29)15-7-14-26(2)3/h6,8-13,16,22,28H,5,7,14-15H2,1-4H3/b23-21-. The predicted octanol–water partition coefficient (Wildman–Crippen LogP) is 3.47. The lowest BCUT2D eigenvalue weighted by Crippen LogP contribution is -2.32. The van der Waals surface area contributed by atoms with E-state index in [0.717, 1.165) is 6.54 Å². The highest BCUT2D eigenvalue weighted by molar-refractivity contribution is 6.46. The second kappa shape index (κ2) is 10.3. The number of rotatable bonds is 9. The SMILES string of the molecule is CCOc1ccc(/C(O)=C2/C(=O)C(=O)N(CCCN(C)C)C2c2cccc(OC)c2)cc1. The largest absolute Gasteiger partial charge is 0.507 e. The van der Waals surface area contributed by atoms with Crippen molar-refractivity contribution >= 4 is 17.4 Å². The number of aliphatic hydroxyl groups is 1. The van der Waals surface area contributed by atoms with E-state index in [4.69, 9.17) is 9.47 Å². The average molecular weight is 439 g/mol. The molecule has 0 radical (unpaired) electrons. The molecule has 1 aliphatic heterocycles. The molecule has 2 aromatic rings. The fourth-order valence-electron chi connectivity index (χ4n) is 3.86. The van der Waals surface area contributed by atoms with E-state index < -0.39 is 17.7 Å². The first-order valence-electron chi connectivity index (χ1n) is 10.7. The van der Waals surface area contributed by atoms with E-state index in [0.29, 0.717) is 42.2 Å². The Balaban J connectivity index is 2.07. The smallest absolute Gasteiger partial charge is 0.295 e. The minimum absolute atomic E-state index is 0.0808. The fraction of sp³-hybridized carbons (Fsp3) is 0.360. The summed E-state index contributed by atoms with van der Waals surface area (Å²) in [6.45, 7) is 3.58. The van der Waals surface area contributed by atoms with Gasteiger partial charge in [-0.15, -0.1) is 0 Å². The van der Waals surface area contributed by atoms with Crippen molar-refractivity contribution in [3.63, 3.8) is 0 Å². The van der Waals surface area contributed by atoms with Gasteiger partial charge in [0.25, 0.3) is 11.7 Å². The Morgan fingerprint density at radius 2 is 1.81 bits per heavy atom. The third-order valence-corrected chi connectivity index (χ3v) is 5.39. The molecule has 0 aromatic heterocycles. The van der Waals surface area contributed by atoms with Gasteiger partial charge in [-0.25, -0.2) is 0 Å². The number of carbonyl (C=O) groups is 2. The molecular formula is C25H30N2O5. The fourth-order valence-corrected chi connectivity index (χ4v) is 3.86. The molecule has 1 amide bonds. The summed E-state index contributed by atoms with van der Waals surface area (Å²) in [6.07, 6.45) is 0.698. The molecule has 2 aromatic carbocycles. The lowest BCUT2D eigenvalue weighted by atomic mass is 9.95. The molecule has 32 heavy (non-hydrogen) atoms. The van der Waals surface area contributed by atoms with E-state index in [9.17, 15) is 14.7 Å². The molecule has 7 nitrogen and oxygen atoms in total. The molecule has 1 aliphatic rings. The Morgan fingerprint density at radius 3 is 2.44 bits per heavy atom. The van der Waals surface area contributed by atoms with Crippen molar-refractivity contribution in [3.05, 3.63) is 65.2 Å². The average Bonchev–Trinajstić information content (AvgIpc) is 3.04. The molecule has 0 spiro atoms. The highest BCUT2D eigenvalue weighted by Crippen LogP contribution is 2.40. The number of Topliss-reactive ketones (excluding diaryl/α,β-unsaturated/α-hetero) is 1. The molecule has 1 saturated heterocycles. The van der Waals surface area contributed by atoms with E-state index in [-0.39, 0.29) is 11.3 Å². The summed E-state index contributed by atoms with van der Waals surface area (Å²) in [7, 11) is 5.48. The molecule has 3 rings (SSSR count). The maximum Gasteiger partial charge on any atom is 0.295 e. The third kappa shape index (κ3) is 4.94. The first-order valence-corrected chi connectivity index (χ1v) is 10.7. The molecule has 1 fully saturated rings. The molecule has 170 valence electrons. The predicted molar refractivity (Wildman–Crippen MR) is 123 cm³/mol. The Kier molecular flexibility index (Phi) is 7.53. The normalized spacial score (nSPS) is 17.8. The van der Waals surface area contributed by atoms with Crippen LogP contribution in [0.1, 0.15) is 30.5 Å². The number of nitrogens with zero attached hydrogens (tertiary/aromatic N) is 2.